The summed E-state index contributed by atoms with van der Waals surface area (Å²) in [4.78, 5) is 40.5. The van der Waals surface area contributed by atoms with Gasteiger partial charge in [-0.1, -0.05) is 48.9 Å². The minimum Gasteiger partial charge on any atom is -0.325 e. The second-order valence-electron chi connectivity index (χ2n) is 7.21. The van der Waals surface area contributed by atoms with Crippen molar-refractivity contribution in [3.8, 4) is 0 Å². The third-order valence-electron chi connectivity index (χ3n) is 4.82. The number of nitrogens with zero attached hydrogens (tertiary/aromatic N) is 4. The molecular weight excluding hydrogens is 410 g/mol. The fourth-order valence-corrected chi connectivity index (χ4v) is 4.38. The first-order valence-electron chi connectivity index (χ1n) is 9.44. The molecule has 0 saturated carbocycles. The first kappa shape index (κ1) is 19.7. The molecule has 9 heteroatoms. The van der Waals surface area contributed by atoms with Crippen molar-refractivity contribution in [2.45, 2.75) is 38.6 Å². The molecule has 29 heavy (non-hydrogen) atoms. The number of amides is 2. The maximum absolute atomic E-state index is 13.1. The first-order valence-corrected chi connectivity index (χ1v) is 10.6. The molecule has 1 aliphatic heterocycles. The Balaban J connectivity index is 1.54. The Morgan fingerprint density at radius 2 is 2.07 bits per heavy atom. The zero-order valence-corrected chi connectivity index (χ0v) is 17.6. The van der Waals surface area contributed by atoms with Crippen molar-refractivity contribution in [1.82, 2.24) is 19.9 Å². The molecular formula is C20H20ClN5O2S. The highest BCUT2D eigenvalue weighted by atomic mass is 35.5. The number of anilines is 1. The summed E-state index contributed by atoms with van der Waals surface area (Å²) in [5.41, 5.74) is 0.978. The zero-order valence-electron chi connectivity index (χ0n) is 16.1. The van der Waals surface area contributed by atoms with Crippen molar-refractivity contribution >= 4 is 50.1 Å². The molecule has 1 unspecified atom stereocenters. The van der Waals surface area contributed by atoms with Crippen LogP contribution in [0.4, 0.5) is 5.13 Å². The van der Waals surface area contributed by atoms with Gasteiger partial charge < -0.3 is 10.2 Å². The SMILES string of the molecule is CC(C)c1ncc(Cl)c(C(=O)N2CCCC2C(=O)Nc2nc3ccccc3s2)n1. The van der Waals surface area contributed by atoms with E-state index >= 15 is 0 Å². The average Bonchev–Trinajstić information content (AvgIpc) is 3.34. The van der Waals surface area contributed by atoms with Gasteiger partial charge in [-0.15, -0.1) is 0 Å². The van der Waals surface area contributed by atoms with Crippen LogP contribution in [-0.2, 0) is 4.79 Å². The molecule has 1 aliphatic rings. The van der Waals surface area contributed by atoms with Crippen LogP contribution in [0.5, 0.6) is 0 Å². The summed E-state index contributed by atoms with van der Waals surface area (Å²) in [6.07, 6.45) is 2.77. The molecule has 4 rings (SSSR count). The fraction of sp³-hybridized carbons (Fsp3) is 0.350. The van der Waals surface area contributed by atoms with Crippen LogP contribution in [0.2, 0.25) is 5.02 Å². The number of aromatic nitrogens is 3. The lowest BCUT2D eigenvalue weighted by atomic mass is 10.2. The maximum Gasteiger partial charge on any atom is 0.274 e. The summed E-state index contributed by atoms with van der Waals surface area (Å²) in [6, 6.07) is 7.11. The smallest absolute Gasteiger partial charge is 0.274 e. The number of fused-ring (bicyclic) bond motifs is 1. The number of rotatable bonds is 4. The summed E-state index contributed by atoms with van der Waals surface area (Å²) in [6.45, 7) is 4.37. The lowest BCUT2D eigenvalue weighted by Crippen LogP contribution is -2.43. The second-order valence-corrected chi connectivity index (χ2v) is 8.65. The predicted molar refractivity (Wildman–Crippen MR) is 113 cm³/mol. The first-order chi connectivity index (χ1) is 13.9. The van der Waals surface area contributed by atoms with Gasteiger partial charge in [-0.05, 0) is 25.0 Å². The van der Waals surface area contributed by atoms with E-state index in [1.807, 2.05) is 38.1 Å². The molecule has 0 spiro atoms. The van der Waals surface area contributed by atoms with Crippen LogP contribution in [0, 0.1) is 0 Å². The number of hydrogen-bond donors (Lipinski definition) is 1. The van der Waals surface area contributed by atoms with Crippen LogP contribution in [-0.4, -0.2) is 44.3 Å². The molecule has 1 saturated heterocycles. The maximum atomic E-state index is 13.1. The molecule has 0 bridgehead atoms. The Labute approximate surface area is 177 Å². The van der Waals surface area contributed by atoms with Crippen LogP contribution < -0.4 is 5.32 Å². The van der Waals surface area contributed by atoms with E-state index < -0.39 is 6.04 Å². The number of hydrogen-bond acceptors (Lipinski definition) is 6. The van der Waals surface area contributed by atoms with Crippen molar-refractivity contribution < 1.29 is 9.59 Å². The van der Waals surface area contributed by atoms with Gasteiger partial charge in [0, 0.05) is 12.5 Å². The topological polar surface area (TPSA) is 88.1 Å². The van der Waals surface area contributed by atoms with E-state index in [0.717, 1.165) is 16.6 Å². The molecule has 0 radical (unpaired) electrons. The Morgan fingerprint density at radius 3 is 2.83 bits per heavy atom. The highest BCUT2D eigenvalue weighted by Crippen LogP contribution is 2.28. The molecule has 2 aromatic heterocycles. The quantitative estimate of drug-likeness (QED) is 0.674. The number of nitrogens with one attached hydrogen (secondary N) is 1. The number of carbonyl (C=O) groups is 2. The van der Waals surface area contributed by atoms with Gasteiger partial charge in [0.15, 0.2) is 10.8 Å². The minimum absolute atomic E-state index is 0.0653. The minimum atomic E-state index is -0.581. The van der Waals surface area contributed by atoms with E-state index in [4.69, 9.17) is 11.6 Å². The van der Waals surface area contributed by atoms with E-state index in [0.29, 0.717) is 23.9 Å². The Morgan fingerprint density at radius 1 is 1.28 bits per heavy atom. The van der Waals surface area contributed by atoms with Gasteiger partial charge >= 0.3 is 0 Å². The van der Waals surface area contributed by atoms with Crippen molar-refractivity contribution in [2.24, 2.45) is 0 Å². The van der Waals surface area contributed by atoms with Gasteiger partial charge in [-0.2, -0.15) is 0 Å². The Kier molecular flexibility index (Phi) is 5.47. The zero-order chi connectivity index (χ0) is 20.5. The largest absolute Gasteiger partial charge is 0.325 e. The molecule has 0 aliphatic carbocycles. The summed E-state index contributed by atoms with van der Waals surface area (Å²) in [5.74, 6) is 0.0216. The second kappa shape index (κ2) is 8.04. The number of likely N-dealkylation sites (tertiary alicyclic amines) is 1. The average molecular weight is 430 g/mol. The van der Waals surface area contributed by atoms with Gasteiger partial charge in [-0.25, -0.2) is 15.0 Å². The summed E-state index contributed by atoms with van der Waals surface area (Å²) in [5, 5.41) is 3.58. The normalized spacial score (nSPS) is 16.6. The standard InChI is InChI=1S/C20H20ClN5O2S/c1-11(2)17-22-10-12(21)16(24-17)19(28)26-9-5-7-14(26)18(27)25-20-23-13-6-3-4-8-15(13)29-20/h3-4,6,8,10-11,14H,5,7,9H2,1-2H3,(H,23,25,27). The Hall–Kier alpha value is -2.58. The van der Waals surface area contributed by atoms with Gasteiger partial charge in [0.2, 0.25) is 5.91 Å². The number of carbonyl (C=O) groups excluding carboxylic acids is 2. The third kappa shape index (κ3) is 3.95. The highest BCUT2D eigenvalue weighted by Gasteiger charge is 2.36. The highest BCUT2D eigenvalue weighted by molar-refractivity contribution is 7.22. The van der Waals surface area contributed by atoms with Gasteiger partial charge in [-0.3, -0.25) is 9.59 Å². The molecule has 2 amide bonds. The van der Waals surface area contributed by atoms with Crippen molar-refractivity contribution in [3.05, 3.63) is 47.0 Å². The van der Waals surface area contributed by atoms with E-state index in [9.17, 15) is 9.59 Å². The van der Waals surface area contributed by atoms with E-state index in [1.54, 1.807) is 4.90 Å². The number of thiazole rings is 1. The predicted octanol–water partition coefficient (Wildman–Crippen LogP) is 4.11. The van der Waals surface area contributed by atoms with Crippen LogP contribution in [0.15, 0.2) is 30.5 Å². The van der Waals surface area contributed by atoms with Crippen molar-refractivity contribution in [1.29, 1.82) is 0 Å². The summed E-state index contributed by atoms with van der Waals surface area (Å²) < 4.78 is 0.996. The monoisotopic (exact) mass is 429 g/mol. The van der Waals surface area contributed by atoms with Crippen LogP contribution in [0.1, 0.15) is 48.9 Å². The molecule has 3 heterocycles. The third-order valence-corrected chi connectivity index (χ3v) is 6.05. The lowest BCUT2D eigenvalue weighted by molar-refractivity contribution is -0.119. The van der Waals surface area contributed by atoms with Gasteiger partial charge in [0.25, 0.3) is 5.91 Å². The molecule has 1 N–H and O–H groups in total. The Bertz CT molecular complexity index is 1050. The molecule has 1 atom stereocenters. The van der Waals surface area contributed by atoms with E-state index in [2.05, 4.69) is 20.3 Å². The summed E-state index contributed by atoms with van der Waals surface area (Å²) >= 11 is 7.60. The van der Waals surface area contributed by atoms with Crippen LogP contribution >= 0.6 is 22.9 Å². The van der Waals surface area contributed by atoms with E-state index in [1.165, 1.54) is 17.5 Å². The summed E-state index contributed by atoms with van der Waals surface area (Å²) in [7, 11) is 0. The van der Waals surface area contributed by atoms with Gasteiger partial charge in [0.1, 0.15) is 11.9 Å². The van der Waals surface area contributed by atoms with Gasteiger partial charge in [0.05, 0.1) is 21.4 Å². The lowest BCUT2D eigenvalue weighted by Gasteiger charge is -2.23. The van der Waals surface area contributed by atoms with Crippen LogP contribution in [0.25, 0.3) is 10.2 Å². The molecule has 1 aromatic carbocycles. The molecule has 3 aromatic rings. The van der Waals surface area contributed by atoms with Crippen molar-refractivity contribution in [3.63, 3.8) is 0 Å². The molecule has 7 nitrogen and oxygen atoms in total. The molecule has 150 valence electrons. The molecule has 1 fully saturated rings. The number of halogens is 1. The fourth-order valence-electron chi connectivity index (χ4n) is 3.34. The van der Waals surface area contributed by atoms with Crippen LogP contribution in [0.3, 0.4) is 0 Å². The number of benzene rings is 1. The number of para-hydroxylation sites is 1. The van der Waals surface area contributed by atoms with E-state index in [-0.39, 0.29) is 28.4 Å². The van der Waals surface area contributed by atoms with Crippen molar-refractivity contribution in [2.75, 3.05) is 11.9 Å².